The summed E-state index contributed by atoms with van der Waals surface area (Å²) in [6.07, 6.45) is 3.31. The second kappa shape index (κ2) is 1.46. The summed E-state index contributed by atoms with van der Waals surface area (Å²) >= 11 is 5.46. The van der Waals surface area contributed by atoms with Gasteiger partial charge in [-0.3, -0.25) is 4.68 Å². The van der Waals surface area contributed by atoms with Gasteiger partial charge in [-0.05, 0) is 6.07 Å². The van der Waals surface area contributed by atoms with E-state index in [9.17, 15) is 0 Å². The minimum atomic E-state index is 0.669. The Balaban J connectivity index is 3.04. The number of nitrogens with zero attached hydrogens (tertiary/aromatic N) is 1. The van der Waals surface area contributed by atoms with Crippen LogP contribution in [0.3, 0.4) is 0 Å². The first-order valence-electron chi connectivity index (χ1n) is 1.87. The molecule has 2 nitrogen and oxygen atoms in total. The first-order chi connectivity index (χ1) is 3.29. The lowest BCUT2D eigenvalue weighted by atomic mass is 10.7. The molecule has 1 aromatic rings. The lowest BCUT2D eigenvalue weighted by molar-refractivity contribution is 1.02. The molecule has 7 heavy (non-hydrogen) atoms. The summed E-state index contributed by atoms with van der Waals surface area (Å²) in [5.74, 6) is 5.21. The van der Waals surface area contributed by atoms with Crippen LogP contribution >= 0.6 is 11.6 Å². The van der Waals surface area contributed by atoms with Crippen LogP contribution in [-0.2, 0) is 0 Å². The van der Waals surface area contributed by atoms with Gasteiger partial charge in [0.05, 0.1) is 5.02 Å². The standard InChI is InChI=1S/C4H5ClN2/c5-4-1-2-7(6)3-4/h1-3H,6H2. The van der Waals surface area contributed by atoms with Crippen LogP contribution in [0, 0.1) is 0 Å². The summed E-state index contributed by atoms with van der Waals surface area (Å²) in [5, 5.41) is 0.669. The Kier molecular flexibility index (Phi) is 0.947. The molecule has 0 aliphatic heterocycles. The zero-order chi connectivity index (χ0) is 5.28. The molecule has 1 heterocycles. The minimum Gasteiger partial charge on any atom is -0.340 e. The minimum absolute atomic E-state index is 0.669. The van der Waals surface area contributed by atoms with Gasteiger partial charge in [0, 0.05) is 12.4 Å². The quantitative estimate of drug-likeness (QED) is 0.501. The van der Waals surface area contributed by atoms with Crippen molar-refractivity contribution in [2.45, 2.75) is 0 Å². The van der Waals surface area contributed by atoms with E-state index in [-0.39, 0.29) is 0 Å². The summed E-state index contributed by atoms with van der Waals surface area (Å²) < 4.78 is 1.41. The molecule has 38 valence electrons. The molecular formula is C4H5ClN2. The van der Waals surface area contributed by atoms with Crippen molar-refractivity contribution in [1.82, 2.24) is 4.68 Å². The van der Waals surface area contributed by atoms with E-state index in [4.69, 9.17) is 17.4 Å². The fourth-order valence-corrected chi connectivity index (χ4v) is 0.555. The molecule has 2 N–H and O–H groups in total. The normalized spacial score (nSPS) is 9.29. The third kappa shape index (κ3) is 0.871. The summed E-state index contributed by atoms with van der Waals surface area (Å²) in [6, 6.07) is 1.72. The molecule has 0 aliphatic rings. The van der Waals surface area contributed by atoms with Gasteiger partial charge in [-0.25, -0.2) is 0 Å². The third-order valence-electron chi connectivity index (χ3n) is 0.678. The fourth-order valence-electron chi connectivity index (χ4n) is 0.386. The van der Waals surface area contributed by atoms with E-state index in [2.05, 4.69) is 0 Å². The maximum Gasteiger partial charge on any atom is 0.0603 e. The largest absolute Gasteiger partial charge is 0.340 e. The van der Waals surface area contributed by atoms with Crippen LogP contribution in [0.15, 0.2) is 18.5 Å². The Morgan fingerprint density at radius 1 is 1.71 bits per heavy atom. The van der Waals surface area contributed by atoms with Gasteiger partial charge >= 0.3 is 0 Å². The van der Waals surface area contributed by atoms with Crippen LogP contribution in [0.1, 0.15) is 0 Å². The highest BCUT2D eigenvalue weighted by atomic mass is 35.5. The van der Waals surface area contributed by atoms with Crippen LogP contribution < -0.4 is 5.84 Å². The summed E-state index contributed by atoms with van der Waals surface area (Å²) in [4.78, 5) is 0. The molecule has 0 aromatic carbocycles. The smallest absolute Gasteiger partial charge is 0.0603 e. The average Bonchev–Trinajstić information content (AvgIpc) is 1.87. The number of rotatable bonds is 0. The molecular weight excluding hydrogens is 112 g/mol. The SMILES string of the molecule is Nn1ccc(Cl)c1. The lowest BCUT2D eigenvalue weighted by Crippen LogP contribution is -2.02. The van der Waals surface area contributed by atoms with Crippen molar-refractivity contribution in [2.24, 2.45) is 0 Å². The Morgan fingerprint density at radius 3 is 2.57 bits per heavy atom. The fraction of sp³-hybridized carbons (Fsp3) is 0. The number of aromatic nitrogens is 1. The molecule has 0 atom stereocenters. The second-order valence-electron chi connectivity index (χ2n) is 1.28. The van der Waals surface area contributed by atoms with Crippen LogP contribution in [0.2, 0.25) is 5.02 Å². The van der Waals surface area contributed by atoms with E-state index in [1.54, 1.807) is 18.5 Å². The van der Waals surface area contributed by atoms with Crippen molar-refractivity contribution < 1.29 is 0 Å². The molecule has 0 amide bonds. The number of nitrogens with two attached hydrogens (primary N) is 1. The molecule has 0 spiro atoms. The van der Waals surface area contributed by atoms with E-state index in [0.29, 0.717) is 5.02 Å². The maximum absolute atomic E-state index is 5.46. The van der Waals surface area contributed by atoms with E-state index < -0.39 is 0 Å². The van der Waals surface area contributed by atoms with Crippen molar-refractivity contribution in [3.63, 3.8) is 0 Å². The molecule has 0 unspecified atom stereocenters. The first kappa shape index (κ1) is 4.53. The van der Waals surface area contributed by atoms with Gasteiger partial charge in [-0.1, -0.05) is 11.6 Å². The zero-order valence-corrected chi connectivity index (χ0v) is 4.39. The highest BCUT2D eigenvalue weighted by molar-refractivity contribution is 6.30. The maximum atomic E-state index is 5.46. The van der Waals surface area contributed by atoms with Gasteiger partial charge in [0.15, 0.2) is 0 Å². The molecule has 0 saturated carbocycles. The van der Waals surface area contributed by atoms with Crippen molar-refractivity contribution >= 4 is 11.6 Å². The van der Waals surface area contributed by atoms with Crippen LogP contribution in [0.4, 0.5) is 0 Å². The number of hydrogen-bond acceptors (Lipinski definition) is 1. The van der Waals surface area contributed by atoms with Gasteiger partial charge in [-0.15, -0.1) is 0 Å². The molecule has 1 aromatic heterocycles. The van der Waals surface area contributed by atoms with E-state index in [0.717, 1.165) is 0 Å². The highest BCUT2D eigenvalue weighted by Gasteiger charge is 1.83. The number of nitrogen functional groups attached to an aromatic ring is 1. The lowest BCUT2D eigenvalue weighted by Gasteiger charge is -1.81. The van der Waals surface area contributed by atoms with Gasteiger partial charge in [-0.2, -0.15) is 0 Å². The molecule has 0 bridgehead atoms. The Morgan fingerprint density at radius 2 is 2.43 bits per heavy atom. The Hall–Kier alpha value is -0.630. The van der Waals surface area contributed by atoms with Gasteiger partial charge in [0.25, 0.3) is 0 Å². The molecule has 3 heteroatoms. The Labute approximate surface area is 46.5 Å². The predicted molar refractivity (Wildman–Crippen MR) is 29.6 cm³/mol. The van der Waals surface area contributed by atoms with E-state index in [1.165, 1.54) is 4.68 Å². The first-order valence-corrected chi connectivity index (χ1v) is 2.25. The molecule has 0 fully saturated rings. The van der Waals surface area contributed by atoms with Gasteiger partial charge in [0.1, 0.15) is 0 Å². The van der Waals surface area contributed by atoms with Crippen LogP contribution in [0.5, 0.6) is 0 Å². The second-order valence-corrected chi connectivity index (χ2v) is 1.71. The summed E-state index contributed by atoms with van der Waals surface area (Å²) in [5.41, 5.74) is 0. The van der Waals surface area contributed by atoms with Crippen molar-refractivity contribution in [3.05, 3.63) is 23.5 Å². The monoisotopic (exact) mass is 116 g/mol. The molecule has 1 rings (SSSR count). The van der Waals surface area contributed by atoms with Crippen LogP contribution in [0.25, 0.3) is 0 Å². The van der Waals surface area contributed by atoms with Crippen molar-refractivity contribution in [2.75, 3.05) is 5.84 Å². The molecule has 0 aliphatic carbocycles. The van der Waals surface area contributed by atoms with Crippen LogP contribution in [-0.4, -0.2) is 4.68 Å². The molecule has 0 saturated heterocycles. The van der Waals surface area contributed by atoms with Gasteiger partial charge in [0.2, 0.25) is 0 Å². The summed E-state index contributed by atoms with van der Waals surface area (Å²) in [6.45, 7) is 0. The van der Waals surface area contributed by atoms with Gasteiger partial charge < -0.3 is 5.84 Å². The Bertz CT molecular complexity index is 142. The third-order valence-corrected chi connectivity index (χ3v) is 0.902. The summed E-state index contributed by atoms with van der Waals surface area (Å²) in [7, 11) is 0. The number of hydrogen-bond donors (Lipinski definition) is 1. The highest BCUT2D eigenvalue weighted by Crippen LogP contribution is 2.03. The van der Waals surface area contributed by atoms with Crippen molar-refractivity contribution in [1.29, 1.82) is 0 Å². The number of halogens is 1. The average molecular weight is 117 g/mol. The predicted octanol–water partition coefficient (Wildman–Crippen LogP) is 0.855. The van der Waals surface area contributed by atoms with Crippen molar-refractivity contribution in [3.8, 4) is 0 Å². The topological polar surface area (TPSA) is 30.9 Å². The molecule has 0 radical (unpaired) electrons. The van der Waals surface area contributed by atoms with E-state index in [1.807, 2.05) is 0 Å². The zero-order valence-electron chi connectivity index (χ0n) is 3.63. The van der Waals surface area contributed by atoms with E-state index >= 15 is 0 Å².